The molecule has 9 heavy (non-hydrogen) atoms. The van der Waals surface area contributed by atoms with E-state index < -0.39 is 0 Å². The van der Waals surface area contributed by atoms with Gasteiger partial charge in [-0.05, 0) is 6.42 Å². The summed E-state index contributed by atoms with van der Waals surface area (Å²) < 4.78 is 0. The van der Waals surface area contributed by atoms with Crippen LogP contribution in [0.15, 0.2) is 0 Å². The zero-order valence-corrected chi connectivity index (χ0v) is 5.34. The number of hydrogen-bond acceptors (Lipinski definition) is 3. The summed E-state index contributed by atoms with van der Waals surface area (Å²) in [4.78, 5) is 10.2. The Morgan fingerprint density at radius 3 is 2.78 bits per heavy atom. The molecule has 52 valence electrons. The largest absolute Gasteiger partial charge is 0.327 e. The average Bonchev–Trinajstić information content (AvgIpc) is 1.88. The zero-order chi connectivity index (χ0) is 6.69. The molecule has 3 N–H and O–H groups in total. The maximum absolute atomic E-state index is 10.2. The first-order valence-corrected chi connectivity index (χ1v) is 3.24. The summed E-state index contributed by atoms with van der Waals surface area (Å²) in [5.41, 5.74) is 5.58. The molecule has 1 saturated heterocycles. The van der Waals surface area contributed by atoms with E-state index in [2.05, 4.69) is 5.32 Å². The molecule has 1 fully saturated rings. The van der Waals surface area contributed by atoms with E-state index in [-0.39, 0.29) is 12.0 Å². The van der Waals surface area contributed by atoms with Crippen molar-refractivity contribution in [3.63, 3.8) is 0 Å². The van der Waals surface area contributed by atoms with Crippen molar-refractivity contribution in [1.29, 1.82) is 0 Å². The Morgan fingerprint density at radius 1 is 1.56 bits per heavy atom. The number of rotatable bonds is 1. The van der Waals surface area contributed by atoms with Crippen LogP contribution in [0.1, 0.15) is 6.42 Å². The van der Waals surface area contributed by atoms with Crippen molar-refractivity contribution in [2.24, 2.45) is 11.7 Å². The predicted molar refractivity (Wildman–Crippen MR) is 35.0 cm³/mol. The molecule has 3 nitrogen and oxygen atoms in total. The minimum atomic E-state index is 0.147. The van der Waals surface area contributed by atoms with Crippen LogP contribution in [0, 0.1) is 5.92 Å². The third kappa shape index (κ3) is 1.77. The first-order valence-electron chi connectivity index (χ1n) is 3.24. The lowest BCUT2D eigenvalue weighted by molar-refractivity contribution is -0.111. The first-order chi connectivity index (χ1) is 4.33. The van der Waals surface area contributed by atoms with Gasteiger partial charge in [0.25, 0.3) is 0 Å². The van der Waals surface area contributed by atoms with Crippen LogP contribution in [-0.4, -0.2) is 25.4 Å². The van der Waals surface area contributed by atoms with E-state index in [1.807, 2.05) is 0 Å². The van der Waals surface area contributed by atoms with E-state index in [1.165, 1.54) is 0 Å². The quantitative estimate of drug-likeness (QED) is 0.451. The molecule has 0 saturated carbocycles. The number of carbonyl (C=O) groups excluding carboxylic acids is 1. The third-order valence-corrected chi connectivity index (χ3v) is 1.61. The summed E-state index contributed by atoms with van der Waals surface area (Å²) >= 11 is 0. The number of carbonyl (C=O) groups is 1. The van der Waals surface area contributed by atoms with Crippen molar-refractivity contribution in [1.82, 2.24) is 5.32 Å². The number of nitrogens with two attached hydrogens (primary N) is 1. The lowest BCUT2D eigenvalue weighted by atomic mass is 9.98. The molecular weight excluding hydrogens is 116 g/mol. The molecule has 0 aliphatic carbocycles. The van der Waals surface area contributed by atoms with Crippen LogP contribution >= 0.6 is 0 Å². The highest BCUT2D eigenvalue weighted by atomic mass is 16.1. The van der Waals surface area contributed by atoms with Gasteiger partial charge >= 0.3 is 0 Å². The minimum Gasteiger partial charge on any atom is -0.327 e. The second kappa shape index (κ2) is 2.94. The molecule has 0 aromatic heterocycles. The second-order valence-electron chi connectivity index (χ2n) is 2.55. The predicted octanol–water partition coefficient (Wildman–Crippen LogP) is -0.878. The Kier molecular flexibility index (Phi) is 2.19. The van der Waals surface area contributed by atoms with E-state index >= 15 is 0 Å². The van der Waals surface area contributed by atoms with Gasteiger partial charge in [0.15, 0.2) is 0 Å². The van der Waals surface area contributed by atoms with Gasteiger partial charge in [-0.3, -0.25) is 0 Å². The van der Waals surface area contributed by atoms with Gasteiger partial charge in [0.1, 0.15) is 6.29 Å². The van der Waals surface area contributed by atoms with E-state index in [9.17, 15) is 4.79 Å². The van der Waals surface area contributed by atoms with E-state index in [0.717, 1.165) is 25.8 Å². The Bertz CT molecular complexity index is 105. The van der Waals surface area contributed by atoms with E-state index in [4.69, 9.17) is 5.73 Å². The number of nitrogens with one attached hydrogen (secondary N) is 1. The molecule has 0 aromatic rings. The van der Waals surface area contributed by atoms with Crippen LogP contribution in [0.5, 0.6) is 0 Å². The van der Waals surface area contributed by atoms with E-state index in [0.29, 0.717) is 0 Å². The van der Waals surface area contributed by atoms with Crippen molar-refractivity contribution in [2.45, 2.75) is 12.5 Å². The fourth-order valence-corrected chi connectivity index (χ4v) is 1.11. The van der Waals surface area contributed by atoms with Crippen LogP contribution < -0.4 is 11.1 Å². The number of aldehydes is 1. The van der Waals surface area contributed by atoms with Crippen molar-refractivity contribution in [3.05, 3.63) is 0 Å². The molecule has 2 atom stereocenters. The lowest BCUT2D eigenvalue weighted by Crippen LogP contribution is -2.44. The topological polar surface area (TPSA) is 55.1 Å². The van der Waals surface area contributed by atoms with Crippen molar-refractivity contribution < 1.29 is 4.79 Å². The lowest BCUT2D eigenvalue weighted by Gasteiger charge is -2.23. The van der Waals surface area contributed by atoms with Gasteiger partial charge in [0.05, 0.1) is 0 Å². The molecule has 1 heterocycles. The highest BCUT2D eigenvalue weighted by Crippen LogP contribution is 2.04. The number of piperidine rings is 1. The highest BCUT2D eigenvalue weighted by Gasteiger charge is 2.16. The first kappa shape index (κ1) is 6.71. The molecule has 0 radical (unpaired) electrons. The average molecular weight is 128 g/mol. The SMILES string of the molecule is NC1CNCC(C=O)C1. The molecule has 2 unspecified atom stereocenters. The standard InChI is InChI=1S/C6H12N2O/c7-6-1-5(4-9)2-8-3-6/h4-6,8H,1-3,7H2. The van der Waals surface area contributed by atoms with Crippen LogP contribution in [-0.2, 0) is 4.79 Å². The van der Waals surface area contributed by atoms with Gasteiger partial charge < -0.3 is 15.8 Å². The van der Waals surface area contributed by atoms with Crippen LogP contribution in [0.2, 0.25) is 0 Å². The Hall–Kier alpha value is -0.410. The molecule has 3 heteroatoms. The second-order valence-corrected chi connectivity index (χ2v) is 2.55. The molecule has 0 spiro atoms. The van der Waals surface area contributed by atoms with Crippen molar-refractivity contribution >= 4 is 6.29 Å². The van der Waals surface area contributed by atoms with Crippen LogP contribution in [0.4, 0.5) is 0 Å². The third-order valence-electron chi connectivity index (χ3n) is 1.61. The molecule has 0 amide bonds. The smallest absolute Gasteiger partial charge is 0.124 e. The Morgan fingerprint density at radius 2 is 2.33 bits per heavy atom. The summed E-state index contributed by atoms with van der Waals surface area (Å²) in [7, 11) is 0. The van der Waals surface area contributed by atoms with E-state index in [1.54, 1.807) is 0 Å². The van der Waals surface area contributed by atoms with Crippen molar-refractivity contribution in [3.8, 4) is 0 Å². The van der Waals surface area contributed by atoms with Crippen LogP contribution in [0.25, 0.3) is 0 Å². The number of hydrogen-bond donors (Lipinski definition) is 2. The van der Waals surface area contributed by atoms with Crippen molar-refractivity contribution in [2.75, 3.05) is 13.1 Å². The van der Waals surface area contributed by atoms with Gasteiger partial charge in [-0.1, -0.05) is 0 Å². The fraction of sp³-hybridized carbons (Fsp3) is 0.833. The molecule has 0 bridgehead atoms. The highest BCUT2D eigenvalue weighted by molar-refractivity contribution is 5.54. The maximum atomic E-state index is 10.2. The van der Waals surface area contributed by atoms with Crippen LogP contribution in [0.3, 0.4) is 0 Å². The summed E-state index contributed by atoms with van der Waals surface area (Å²) in [6.45, 7) is 1.65. The Balaban J connectivity index is 2.31. The molecule has 0 aromatic carbocycles. The summed E-state index contributed by atoms with van der Waals surface area (Å²) in [6.07, 6.45) is 1.82. The molecule has 1 aliphatic heterocycles. The molecule has 1 rings (SSSR count). The van der Waals surface area contributed by atoms with Gasteiger partial charge in [-0.2, -0.15) is 0 Å². The monoisotopic (exact) mass is 128 g/mol. The maximum Gasteiger partial charge on any atom is 0.124 e. The van der Waals surface area contributed by atoms with Gasteiger partial charge in [-0.15, -0.1) is 0 Å². The molecule has 1 aliphatic rings. The van der Waals surface area contributed by atoms with Gasteiger partial charge in [0, 0.05) is 25.0 Å². The summed E-state index contributed by atoms with van der Waals surface area (Å²) in [5.74, 6) is 0.147. The summed E-state index contributed by atoms with van der Waals surface area (Å²) in [5, 5.41) is 3.08. The Labute approximate surface area is 54.6 Å². The van der Waals surface area contributed by atoms with Gasteiger partial charge in [-0.25, -0.2) is 0 Å². The minimum absolute atomic E-state index is 0.147. The zero-order valence-electron chi connectivity index (χ0n) is 5.34. The normalized spacial score (nSPS) is 36.1. The fourth-order valence-electron chi connectivity index (χ4n) is 1.11. The summed E-state index contributed by atoms with van der Waals surface area (Å²) in [6, 6.07) is 0.175. The van der Waals surface area contributed by atoms with Gasteiger partial charge in [0.2, 0.25) is 0 Å². The molecular formula is C6H12N2O.